The lowest BCUT2D eigenvalue weighted by atomic mass is 10.00. The molecule has 0 saturated heterocycles. The third kappa shape index (κ3) is 4.69. The molecule has 2 heterocycles. The number of rotatable bonds is 7. The first-order chi connectivity index (χ1) is 14.6. The number of hydrogen-bond donors (Lipinski definition) is 1. The molecule has 1 aliphatic rings. The molecule has 156 valence electrons. The number of oxazole rings is 1. The van der Waals surface area contributed by atoms with Gasteiger partial charge in [0.05, 0.1) is 0 Å². The molecule has 1 amide bonds. The molecule has 0 spiro atoms. The second kappa shape index (κ2) is 9.11. The summed E-state index contributed by atoms with van der Waals surface area (Å²) in [6, 6.07) is 15.6. The van der Waals surface area contributed by atoms with E-state index in [1.807, 2.05) is 18.2 Å². The maximum atomic E-state index is 12.4. The molecular weight excluding hydrogens is 382 g/mol. The molecule has 0 bridgehead atoms. The maximum Gasteiger partial charge on any atom is 0.279 e. The van der Waals surface area contributed by atoms with Gasteiger partial charge in [-0.25, -0.2) is 4.98 Å². The zero-order chi connectivity index (χ0) is 20.9. The topological polar surface area (TPSA) is 79.0 Å². The summed E-state index contributed by atoms with van der Waals surface area (Å²) in [7, 11) is 1.67. The highest BCUT2D eigenvalue weighted by Crippen LogP contribution is 2.22. The van der Waals surface area contributed by atoms with Crippen LogP contribution >= 0.6 is 0 Å². The van der Waals surface area contributed by atoms with Gasteiger partial charge in [0.1, 0.15) is 24.7 Å². The fourth-order valence-electron chi connectivity index (χ4n) is 3.64. The van der Waals surface area contributed by atoms with E-state index < -0.39 is 6.10 Å². The van der Waals surface area contributed by atoms with Crippen LogP contribution in [-0.4, -0.2) is 53.7 Å². The van der Waals surface area contributed by atoms with Gasteiger partial charge in [-0.3, -0.25) is 9.69 Å². The summed E-state index contributed by atoms with van der Waals surface area (Å²) in [4.78, 5) is 20.0. The van der Waals surface area contributed by atoms with Gasteiger partial charge in [-0.05, 0) is 29.7 Å². The van der Waals surface area contributed by atoms with Gasteiger partial charge in [0.2, 0.25) is 0 Å². The molecular formula is C23H25N3O4. The van der Waals surface area contributed by atoms with Crippen molar-refractivity contribution in [2.75, 3.05) is 31.6 Å². The molecule has 0 fully saturated rings. The van der Waals surface area contributed by atoms with Crippen LogP contribution in [0.15, 0.2) is 65.6 Å². The van der Waals surface area contributed by atoms with Crippen molar-refractivity contribution >= 4 is 11.6 Å². The van der Waals surface area contributed by atoms with Gasteiger partial charge in [-0.15, -0.1) is 0 Å². The molecule has 0 radical (unpaired) electrons. The van der Waals surface area contributed by atoms with Crippen molar-refractivity contribution < 1.29 is 19.1 Å². The molecule has 1 atom stereocenters. The largest absolute Gasteiger partial charge is 0.491 e. The molecule has 7 heteroatoms. The number of anilines is 1. The number of fused-ring (bicyclic) bond motifs is 1. The summed E-state index contributed by atoms with van der Waals surface area (Å²) < 4.78 is 10.7. The van der Waals surface area contributed by atoms with Crippen LogP contribution in [0.25, 0.3) is 0 Å². The number of benzene rings is 2. The van der Waals surface area contributed by atoms with Gasteiger partial charge < -0.3 is 19.2 Å². The molecule has 30 heavy (non-hydrogen) atoms. The Balaban J connectivity index is 1.31. The van der Waals surface area contributed by atoms with Gasteiger partial charge in [0, 0.05) is 38.4 Å². The minimum absolute atomic E-state index is 0.183. The van der Waals surface area contributed by atoms with Crippen molar-refractivity contribution in [3.8, 4) is 5.75 Å². The Kier molecular flexibility index (Phi) is 6.11. The number of nitrogens with zero attached hydrogens (tertiary/aromatic N) is 3. The van der Waals surface area contributed by atoms with Crippen LogP contribution in [0.5, 0.6) is 5.75 Å². The van der Waals surface area contributed by atoms with Crippen LogP contribution in [0, 0.1) is 0 Å². The molecule has 7 nitrogen and oxygen atoms in total. The van der Waals surface area contributed by atoms with Gasteiger partial charge in [0.15, 0.2) is 12.1 Å². The third-order valence-electron chi connectivity index (χ3n) is 5.28. The third-order valence-corrected chi connectivity index (χ3v) is 5.28. The van der Waals surface area contributed by atoms with Crippen LogP contribution in [0.3, 0.4) is 0 Å². The second-order valence-electron chi connectivity index (χ2n) is 7.45. The molecule has 0 saturated carbocycles. The number of amides is 1. The molecule has 1 unspecified atom stereocenters. The van der Waals surface area contributed by atoms with Crippen molar-refractivity contribution in [3.63, 3.8) is 0 Å². The first kappa shape index (κ1) is 20.1. The second-order valence-corrected chi connectivity index (χ2v) is 7.45. The number of ether oxygens (including phenoxy) is 1. The summed E-state index contributed by atoms with van der Waals surface area (Å²) in [6.45, 7) is 2.51. The van der Waals surface area contributed by atoms with Crippen molar-refractivity contribution in [1.82, 2.24) is 9.88 Å². The molecule has 4 rings (SSSR count). The Morgan fingerprint density at radius 3 is 2.90 bits per heavy atom. The first-order valence-corrected chi connectivity index (χ1v) is 9.96. The fraction of sp³-hybridized carbons (Fsp3) is 0.304. The van der Waals surface area contributed by atoms with Gasteiger partial charge in [-0.1, -0.05) is 30.3 Å². The average molecular weight is 407 g/mol. The first-order valence-electron chi connectivity index (χ1n) is 9.96. The zero-order valence-corrected chi connectivity index (χ0v) is 16.9. The summed E-state index contributed by atoms with van der Waals surface area (Å²) >= 11 is 0. The molecule has 1 aromatic heterocycles. The predicted molar refractivity (Wildman–Crippen MR) is 113 cm³/mol. The van der Waals surface area contributed by atoms with Crippen LogP contribution < -0.4 is 9.64 Å². The predicted octanol–water partition coefficient (Wildman–Crippen LogP) is 2.75. The van der Waals surface area contributed by atoms with Crippen molar-refractivity contribution in [3.05, 3.63) is 78.0 Å². The quantitative estimate of drug-likeness (QED) is 0.649. The average Bonchev–Trinajstić information content (AvgIpc) is 3.32. The van der Waals surface area contributed by atoms with E-state index in [4.69, 9.17) is 9.15 Å². The van der Waals surface area contributed by atoms with Gasteiger partial charge in [-0.2, -0.15) is 0 Å². The Hall–Kier alpha value is -3.16. The Morgan fingerprint density at radius 1 is 1.27 bits per heavy atom. The van der Waals surface area contributed by atoms with Gasteiger partial charge in [0.25, 0.3) is 5.91 Å². The highest BCUT2D eigenvalue weighted by atomic mass is 16.5. The minimum Gasteiger partial charge on any atom is -0.491 e. The number of aromatic nitrogens is 1. The molecule has 3 aromatic rings. The Labute approximate surface area is 175 Å². The van der Waals surface area contributed by atoms with Gasteiger partial charge >= 0.3 is 0 Å². The summed E-state index contributed by atoms with van der Waals surface area (Å²) in [5.41, 5.74) is 3.62. The van der Waals surface area contributed by atoms with E-state index in [1.54, 1.807) is 13.1 Å². The summed E-state index contributed by atoms with van der Waals surface area (Å²) in [5, 5.41) is 10.5. The molecule has 1 N–H and O–H groups in total. The minimum atomic E-state index is -0.603. The van der Waals surface area contributed by atoms with E-state index in [0.717, 1.165) is 19.5 Å². The van der Waals surface area contributed by atoms with E-state index in [1.165, 1.54) is 28.7 Å². The van der Waals surface area contributed by atoms with E-state index in [0.29, 0.717) is 18.0 Å². The van der Waals surface area contributed by atoms with Crippen molar-refractivity contribution in [1.29, 1.82) is 0 Å². The van der Waals surface area contributed by atoms with Crippen molar-refractivity contribution in [2.24, 2.45) is 0 Å². The molecule has 2 aromatic carbocycles. The Bertz CT molecular complexity index is 990. The highest BCUT2D eigenvalue weighted by Gasteiger charge is 2.19. The lowest BCUT2D eigenvalue weighted by Crippen LogP contribution is -2.38. The standard InChI is InChI=1S/C23H25N3O4/c1-25(23(28)22-15-29-16-24-22)19-7-4-8-21(11-19)30-14-20(27)13-26-10-9-17-5-2-3-6-18(17)12-26/h2-8,11,15-16,20,27H,9-10,12-14H2,1H3. The van der Waals surface area contributed by atoms with Crippen LogP contribution in [0.1, 0.15) is 21.6 Å². The van der Waals surface area contributed by atoms with Crippen LogP contribution in [0.2, 0.25) is 0 Å². The SMILES string of the molecule is CN(C(=O)c1cocn1)c1cccc(OCC(O)CN2CCc3ccccc3C2)c1. The normalized spacial score (nSPS) is 14.7. The Morgan fingerprint density at radius 2 is 2.10 bits per heavy atom. The maximum absolute atomic E-state index is 12.4. The zero-order valence-electron chi connectivity index (χ0n) is 16.9. The van der Waals surface area contributed by atoms with E-state index in [2.05, 4.69) is 34.1 Å². The number of aliphatic hydroxyl groups is 1. The lowest BCUT2D eigenvalue weighted by Gasteiger charge is -2.30. The number of β-amino-alcohol motifs (C(OH)–C–C–N with tert-alkyl or cyclic N) is 1. The van der Waals surface area contributed by atoms with Crippen LogP contribution in [0.4, 0.5) is 5.69 Å². The smallest absolute Gasteiger partial charge is 0.279 e. The highest BCUT2D eigenvalue weighted by molar-refractivity contribution is 6.04. The number of hydrogen-bond acceptors (Lipinski definition) is 6. The molecule has 1 aliphatic heterocycles. The summed E-state index contributed by atoms with van der Waals surface area (Å²) in [6.07, 6.45) is 2.93. The number of aliphatic hydroxyl groups excluding tert-OH is 1. The van der Waals surface area contributed by atoms with E-state index in [-0.39, 0.29) is 18.2 Å². The summed E-state index contributed by atoms with van der Waals surface area (Å²) in [5.74, 6) is 0.321. The van der Waals surface area contributed by atoms with Crippen molar-refractivity contribution in [2.45, 2.75) is 19.1 Å². The monoisotopic (exact) mass is 407 g/mol. The fourth-order valence-corrected chi connectivity index (χ4v) is 3.64. The molecule has 0 aliphatic carbocycles. The van der Waals surface area contributed by atoms with Crippen LogP contribution in [-0.2, 0) is 13.0 Å². The van der Waals surface area contributed by atoms with E-state index in [9.17, 15) is 9.90 Å². The lowest BCUT2D eigenvalue weighted by molar-refractivity contribution is 0.0638. The number of carbonyl (C=O) groups excluding carboxylic acids is 1. The van der Waals surface area contributed by atoms with E-state index >= 15 is 0 Å². The number of carbonyl (C=O) groups is 1.